The first kappa shape index (κ1) is 7.97. The van der Waals surface area contributed by atoms with Crippen molar-refractivity contribution in [1.29, 1.82) is 0 Å². The Balaban J connectivity index is 3.54. The van der Waals surface area contributed by atoms with E-state index in [4.69, 9.17) is 10.2 Å². The monoisotopic (exact) mass is 158 g/mol. The molecular weight excluding hydrogens is 152 g/mol. The summed E-state index contributed by atoms with van der Waals surface area (Å²) in [7, 11) is 0. The van der Waals surface area contributed by atoms with Crippen LogP contribution < -0.4 is 0 Å². The first-order valence-electron chi connectivity index (χ1n) is 1.48. The average Bonchev–Trinajstić information content (AvgIpc) is 1.31. The minimum absolute atomic E-state index is 1.22. The van der Waals surface area contributed by atoms with Crippen LogP contribution in [0.1, 0.15) is 0 Å². The Morgan fingerprint density at radius 1 is 1.43 bits per heavy atom. The van der Waals surface area contributed by atoms with Gasteiger partial charge in [0.05, 0.1) is 0 Å². The van der Waals surface area contributed by atoms with E-state index in [0.29, 0.717) is 0 Å². The normalized spacial score (nSPS) is 16.7. The van der Waals surface area contributed by atoms with Gasteiger partial charge in [0.15, 0.2) is 4.27 Å². The molecule has 0 rings (SSSR count). The van der Waals surface area contributed by atoms with Crippen molar-refractivity contribution in [2.75, 3.05) is 0 Å². The van der Waals surface area contributed by atoms with Crippen molar-refractivity contribution < 1.29 is 10.2 Å². The summed E-state index contributed by atoms with van der Waals surface area (Å²) in [6, 6.07) is 0. The largest absolute Gasteiger partial charge is 0.378 e. The average molecular weight is 158 g/mol. The molecule has 0 spiro atoms. The molecule has 0 aliphatic rings. The zero-order valence-corrected chi connectivity index (χ0v) is 6.00. The molecule has 0 aromatic heterocycles. The van der Waals surface area contributed by atoms with Crippen molar-refractivity contribution in [3.8, 4) is 0 Å². The molecule has 44 valence electrons. The second-order valence-electron chi connectivity index (χ2n) is 1.06. The van der Waals surface area contributed by atoms with Crippen LogP contribution in [0.15, 0.2) is 0 Å². The first-order valence-corrected chi connectivity index (χ1v) is 2.89. The van der Waals surface area contributed by atoms with E-state index in [9.17, 15) is 0 Å². The van der Waals surface area contributed by atoms with Crippen molar-refractivity contribution in [2.45, 2.75) is 9.70 Å². The summed E-state index contributed by atoms with van der Waals surface area (Å²) in [6.45, 7) is 0. The maximum atomic E-state index is 8.50. The van der Waals surface area contributed by atoms with Gasteiger partial charge in [0, 0.05) is 0 Å². The first-order chi connectivity index (χ1) is 2.94. The van der Waals surface area contributed by atoms with Gasteiger partial charge in [-0.15, -0.1) is 37.9 Å². The van der Waals surface area contributed by atoms with Crippen LogP contribution >= 0.6 is 37.9 Å². The van der Waals surface area contributed by atoms with Gasteiger partial charge in [0.1, 0.15) is 5.44 Å². The fraction of sp³-hybridized carbons (Fsp3) is 1.00. The molecule has 0 bridgehead atoms. The van der Waals surface area contributed by atoms with Crippen LogP contribution in [0.3, 0.4) is 0 Å². The highest BCUT2D eigenvalue weighted by molar-refractivity contribution is 8.01. The van der Waals surface area contributed by atoms with Crippen LogP contribution in [-0.4, -0.2) is 19.9 Å². The summed E-state index contributed by atoms with van der Waals surface area (Å²) >= 11 is 10.3. The Hall–Kier alpha value is 0.970. The molecule has 2 nitrogen and oxygen atoms in total. The summed E-state index contributed by atoms with van der Waals surface area (Å²) in [6.07, 6.45) is 0. The molecule has 1 unspecified atom stereocenters. The lowest BCUT2D eigenvalue weighted by Gasteiger charge is -2.16. The molecule has 0 heterocycles. The molecule has 0 saturated carbocycles. The van der Waals surface area contributed by atoms with Crippen LogP contribution in [0.5, 0.6) is 0 Å². The Morgan fingerprint density at radius 3 is 1.57 bits per heavy atom. The molecule has 2 N–H and O–H groups in total. The van der Waals surface area contributed by atoms with Crippen molar-refractivity contribution in [3.63, 3.8) is 0 Å². The Morgan fingerprint density at radius 2 is 1.57 bits per heavy atom. The van der Waals surface area contributed by atoms with Crippen LogP contribution in [-0.2, 0) is 0 Å². The fourth-order valence-electron chi connectivity index (χ4n) is 0. The maximum Gasteiger partial charge on any atom is 0.187 e. The van der Waals surface area contributed by atoms with E-state index < -0.39 is 9.70 Å². The third-order valence-electron chi connectivity index (χ3n) is 0.346. The fourth-order valence-corrected chi connectivity index (χ4v) is 0. The van der Waals surface area contributed by atoms with E-state index in [1.807, 2.05) is 0 Å². The Labute approximate surface area is 58.2 Å². The van der Waals surface area contributed by atoms with Gasteiger partial charge in [-0.25, -0.2) is 0 Å². The van der Waals surface area contributed by atoms with Gasteiger partial charge in [0.25, 0.3) is 0 Å². The van der Waals surface area contributed by atoms with E-state index in [1.165, 1.54) is 0 Å². The molecular formula is C2H6O2S3. The van der Waals surface area contributed by atoms with Crippen LogP contribution in [0.2, 0.25) is 0 Å². The van der Waals surface area contributed by atoms with Crippen LogP contribution in [0.25, 0.3) is 0 Å². The van der Waals surface area contributed by atoms with E-state index in [2.05, 4.69) is 37.9 Å². The molecule has 0 aliphatic carbocycles. The molecule has 0 aliphatic heterocycles. The molecule has 0 amide bonds. The maximum absolute atomic E-state index is 8.50. The van der Waals surface area contributed by atoms with Gasteiger partial charge < -0.3 is 10.2 Å². The predicted molar refractivity (Wildman–Crippen MR) is 37.9 cm³/mol. The minimum Gasteiger partial charge on any atom is -0.378 e. The van der Waals surface area contributed by atoms with Crippen molar-refractivity contribution in [1.82, 2.24) is 0 Å². The SMILES string of the molecule is OC(S)C(O)(S)S. The lowest BCUT2D eigenvalue weighted by atomic mass is 10.8. The third-order valence-corrected chi connectivity index (χ3v) is 1.62. The summed E-state index contributed by atoms with van der Waals surface area (Å²) in [4.78, 5) is 0. The number of thiol groups is 3. The highest BCUT2D eigenvalue weighted by Crippen LogP contribution is 2.21. The summed E-state index contributed by atoms with van der Waals surface area (Å²) < 4.78 is -1.69. The van der Waals surface area contributed by atoms with E-state index in [0.717, 1.165) is 0 Å². The smallest absolute Gasteiger partial charge is 0.187 e. The number of aliphatic hydroxyl groups is 2. The summed E-state index contributed by atoms with van der Waals surface area (Å²) in [5.41, 5.74) is -1.22. The standard InChI is InChI=1S/C2H6O2S3/c3-1(5)2(4,6)7/h1,3-7H. The highest BCUT2D eigenvalue weighted by Gasteiger charge is 2.22. The van der Waals surface area contributed by atoms with Gasteiger partial charge in [-0.3, -0.25) is 0 Å². The number of aliphatic hydroxyl groups excluding tert-OH is 1. The molecule has 0 radical (unpaired) electrons. The van der Waals surface area contributed by atoms with Crippen molar-refractivity contribution >= 4 is 37.9 Å². The Bertz CT molecular complexity index is 56.4. The summed E-state index contributed by atoms with van der Waals surface area (Å²) in [5.74, 6) is 0. The molecule has 1 atom stereocenters. The molecule has 0 fully saturated rings. The Kier molecular flexibility index (Phi) is 2.85. The van der Waals surface area contributed by atoms with Gasteiger partial charge in [-0.2, -0.15) is 0 Å². The zero-order valence-electron chi connectivity index (χ0n) is 3.31. The second-order valence-corrected chi connectivity index (χ2v) is 3.27. The van der Waals surface area contributed by atoms with E-state index in [-0.39, 0.29) is 0 Å². The minimum atomic E-state index is -1.69. The van der Waals surface area contributed by atoms with E-state index >= 15 is 0 Å². The quantitative estimate of drug-likeness (QED) is 0.269. The summed E-state index contributed by atoms with van der Waals surface area (Å²) in [5, 5.41) is 16.8. The lowest BCUT2D eigenvalue weighted by molar-refractivity contribution is 0.116. The van der Waals surface area contributed by atoms with Gasteiger partial charge in [-0.05, 0) is 0 Å². The van der Waals surface area contributed by atoms with Crippen LogP contribution in [0, 0.1) is 0 Å². The number of rotatable bonds is 1. The molecule has 7 heavy (non-hydrogen) atoms. The number of hydrogen-bond acceptors (Lipinski definition) is 5. The van der Waals surface area contributed by atoms with Crippen molar-refractivity contribution in [3.05, 3.63) is 0 Å². The predicted octanol–water partition coefficient (Wildman–Crippen LogP) is -0.260. The lowest BCUT2D eigenvalue weighted by Crippen LogP contribution is -2.25. The molecule has 0 aromatic rings. The van der Waals surface area contributed by atoms with Crippen molar-refractivity contribution in [2.24, 2.45) is 0 Å². The number of hydrogen-bond donors (Lipinski definition) is 5. The molecule has 5 heteroatoms. The van der Waals surface area contributed by atoms with Gasteiger partial charge >= 0.3 is 0 Å². The van der Waals surface area contributed by atoms with E-state index in [1.54, 1.807) is 0 Å². The topological polar surface area (TPSA) is 40.5 Å². The zero-order chi connectivity index (χ0) is 6.08. The second kappa shape index (κ2) is 2.50. The third kappa shape index (κ3) is 3.54. The highest BCUT2D eigenvalue weighted by atomic mass is 32.2. The molecule has 0 aromatic carbocycles. The molecule has 0 saturated heterocycles. The van der Waals surface area contributed by atoms with Gasteiger partial charge in [-0.1, -0.05) is 0 Å². The van der Waals surface area contributed by atoms with Crippen LogP contribution in [0.4, 0.5) is 0 Å². The van der Waals surface area contributed by atoms with Gasteiger partial charge in [0.2, 0.25) is 0 Å².